The molecule has 0 radical (unpaired) electrons. The smallest absolute Gasteiger partial charge is 0.410 e. The predicted molar refractivity (Wildman–Crippen MR) is 145 cm³/mol. The van der Waals surface area contributed by atoms with Gasteiger partial charge in [-0.1, -0.05) is 42.5 Å². The number of nitrogens with two attached hydrogens (primary N) is 1. The lowest BCUT2D eigenvalue weighted by atomic mass is 9.86. The Balaban J connectivity index is 1.67. The number of rotatable bonds is 6. The van der Waals surface area contributed by atoms with Crippen molar-refractivity contribution in [3.63, 3.8) is 0 Å². The fraction of sp³-hybridized carbons (Fsp3) is 0.367. The first-order valence-electron chi connectivity index (χ1n) is 12.7. The molecule has 0 spiro atoms. The zero-order valence-corrected chi connectivity index (χ0v) is 22.0. The van der Waals surface area contributed by atoms with Crippen LogP contribution in [0.25, 0.3) is 11.3 Å². The maximum atomic E-state index is 12.8. The molecule has 37 heavy (non-hydrogen) atoms. The molecule has 1 amide bonds. The third-order valence-electron chi connectivity index (χ3n) is 6.34. The van der Waals surface area contributed by atoms with E-state index in [0.717, 1.165) is 29.5 Å². The standard InChI is InChI=1S/C30H35N3O4/c1-20(34)27-24(22-13-10-16-33(18-22)29(35)37-30(2,3)4)17-25(32-28(27)31)23-14-8-9-15-26(23)36-19-21-11-6-5-7-12-21/h5-9,11-12,14-15,17,22H,10,13,16,18-19H2,1-4H3,(H2,31,32). The van der Waals surface area contributed by atoms with Crippen molar-refractivity contribution >= 4 is 17.7 Å². The Morgan fingerprint density at radius 1 is 1.08 bits per heavy atom. The number of hydrogen-bond acceptors (Lipinski definition) is 6. The molecule has 0 aliphatic carbocycles. The number of benzene rings is 2. The van der Waals surface area contributed by atoms with Gasteiger partial charge in [0.15, 0.2) is 5.78 Å². The van der Waals surface area contributed by atoms with Gasteiger partial charge in [-0.2, -0.15) is 0 Å². The summed E-state index contributed by atoms with van der Waals surface area (Å²) in [6.45, 7) is 8.55. The Kier molecular flexibility index (Phi) is 7.81. The van der Waals surface area contributed by atoms with Crippen LogP contribution in [0.15, 0.2) is 60.7 Å². The second-order valence-electron chi connectivity index (χ2n) is 10.4. The first-order chi connectivity index (χ1) is 17.6. The number of piperidine rings is 1. The molecule has 1 fully saturated rings. The molecule has 1 aromatic heterocycles. The van der Waals surface area contributed by atoms with E-state index in [2.05, 4.69) is 4.98 Å². The Hall–Kier alpha value is -3.87. The zero-order chi connectivity index (χ0) is 26.6. The van der Waals surface area contributed by atoms with Crippen molar-refractivity contribution in [2.45, 2.75) is 58.7 Å². The lowest BCUT2D eigenvalue weighted by Gasteiger charge is -2.35. The number of carbonyl (C=O) groups is 2. The van der Waals surface area contributed by atoms with E-state index in [1.807, 2.05) is 81.4 Å². The maximum Gasteiger partial charge on any atom is 0.410 e. The summed E-state index contributed by atoms with van der Waals surface area (Å²) in [4.78, 5) is 31.8. The molecule has 7 heteroatoms. The molecule has 194 valence electrons. The molecule has 4 rings (SSSR count). The second kappa shape index (κ2) is 11.0. The minimum Gasteiger partial charge on any atom is -0.488 e. The van der Waals surface area contributed by atoms with Gasteiger partial charge in [0.1, 0.15) is 23.8 Å². The van der Waals surface area contributed by atoms with Crippen LogP contribution in [0.4, 0.5) is 10.6 Å². The van der Waals surface area contributed by atoms with Gasteiger partial charge >= 0.3 is 6.09 Å². The van der Waals surface area contributed by atoms with Gasteiger partial charge in [0.25, 0.3) is 0 Å². The molecule has 2 heterocycles. The zero-order valence-electron chi connectivity index (χ0n) is 22.0. The molecule has 3 aromatic rings. The molecule has 2 aromatic carbocycles. The number of Topliss-reactive ketones (excluding diaryl/α,β-unsaturated/α-hetero) is 1. The number of nitrogen functional groups attached to an aromatic ring is 1. The Morgan fingerprint density at radius 3 is 2.49 bits per heavy atom. The fourth-order valence-corrected chi connectivity index (χ4v) is 4.69. The van der Waals surface area contributed by atoms with Crippen molar-refractivity contribution in [2.75, 3.05) is 18.8 Å². The van der Waals surface area contributed by atoms with Crippen LogP contribution >= 0.6 is 0 Å². The number of anilines is 1. The van der Waals surface area contributed by atoms with Gasteiger partial charge in [-0.05, 0) is 69.9 Å². The number of hydrogen-bond donors (Lipinski definition) is 1. The number of pyridine rings is 1. The summed E-state index contributed by atoms with van der Waals surface area (Å²) in [5, 5.41) is 0. The molecule has 1 atom stereocenters. The van der Waals surface area contributed by atoms with Gasteiger partial charge in [-0.3, -0.25) is 4.79 Å². The van der Waals surface area contributed by atoms with E-state index >= 15 is 0 Å². The number of likely N-dealkylation sites (tertiary alicyclic amines) is 1. The van der Waals surface area contributed by atoms with Crippen LogP contribution in [0.1, 0.15) is 67.9 Å². The molecule has 1 unspecified atom stereocenters. The van der Waals surface area contributed by atoms with Gasteiger partial charge in [0.05, 0.1) is 11.3 Å². The largest absolute Gasteiger partial charge is 0.488 e. The lowest BCUT2D eigenvalue weighted by Crippen LogP contribution is -2.42. The van der Waals surface area contributed by atoms with Gasteiger partial charge in [-0.25, -0.2) is 9.78 Å². The van der Waals surface area contributed by atoms with Crippen LogP contribution < -0.4 is 10.5 Å². The second-order valence-corrected chi connectivity index (χ2v) is 10.4. The van der Waals surface area contributed by atoms with E-state index in [-0.39, 0.29) is 23.6 Å². The summed E-state index contributed by atoms with van der Waals surface area (Å²) >= 11 is 0. The molecular formula is C30H35N3O4. The first-order valence-corrected chi connectivity index (χ1v) is 12.7. The quantitative estimate of drug-likeness (QED) is 0.403. The number of amides is 1. The minimum atomic E-state index is -0.577. The van der Waals surface area contributed by atoms with E-state index in [4.69, 9.17) is 15.2 Å². The molecule has 2 N–H and O–H groups in total. The van der Waals surface area contributed by atoms with Crippen molar-refractivity contribution in [2.24, 2.45) is 0 Å². The molecule has 0 bridgehead atoms. The predicted octanol–water partition coefficient (Wildman–Crippen LogP) is 6.23. The van der Waals surface area contributed by atoms with Gasteiger partial charge in [0.2, 0.25) is 0 Å². The summed E-state index contributed by atoms with van der Waals surface area (Å²) in [6, 6.07) is 19.6. The first kappa shape index (κ1) is 26.2. The van der Waals surface area contributed by atoms with Crippen LogP contribution in [0.5, 0.6) is 5.75 Å². The van der Waals surface area contributed by atoms with Gasteiger partial charge in [-0.15, -0.1) is 0 Å². The van der Waals surface area contributed by atoms with Crippen molar-refractivity contribution in [3.05, 3.63) is 77.4 Å². The number of para-hydroxylation sites is 1. The number of aromatic nitrogens is 1. The lowest BCUT2D eigenvalue weighted by molar-refractivity contribution is 0.0198. The molecule has 1 aliphatic rings. The van der Waals surface area contributed by atoms with E-state index in [9.17, 15) is 9.59 Å². The SMILES string of the molecule is CC(=O)c1c(C2CCCN(C(=O)OC(C)(C)C)C2)cc(-c2ccccc2OCc2ccccc2)nc1N. The third-order valence-corrected chi connectivity index (χ3v) is 6.34. The van der Waals surface area contributed by atoms with E-state index in [1.54, 1.807) is 4.90 Å². The molecule has 1 saturated heterocycles. The Labute approximate surface area is 218 Å². The monoisotopic (exact) mass is 501 g/mol. The third kappa shape index (κ3) is 6.47. The average molecular weight is 502 g/mol. The van der Waals surface area contributed by atoms with E-state index in [1.165, 1.54) is 6.92 Å². The highest BCUT2D eigenvalue weighted by atomic mass is 16.6. The number of nitrogens with zero attached hydrogens (tertiary/aromatic N) is 2. The van der Waals surface area contributed by atoms with Crippen LogP contribution in [-0.2, 0) is 11.3 Å². The Bertz CT molecular complexity index is 1270. The highest BCUT2D eigenvalue weighted by molar-refractivity contribution is 6.00. The summed E-state index contributed by atoms with van der Waals surface area (Å²) in [6.07, 6.45) is 1.29. The van der Waals surface area contributed by atoms with Gasteiger partial charge < -0.3 is 20.1 Å². The van der Waals surface area contributed by atoms with E-state index in [0.29, 0.717) is 36.7 Å². The highest BCUT2D eigenvalue weighted by Crippen LogP contribution is 2.37. The molecule has 1 aliphatic heterocycles. The summed E-state index contributed by atoms with van der Waals surface area (Å²) in [5.74, 6) is 0.655. The number of ether oxygens (including phenoxy) is 2. The van der Waals surface area contributed by atoms with Crippen LogP contribution in [0.2, 0.25) is 0 Å². The maximum absolute atomic E-state index is 12.8. The highest BCUT2D eigenvalue weighted by Gasteiger charge is 2.31. The van der Waals surface area contributed by atoms with E-state index < -0.39 is 5.60 Å². The summed E-state index contributed by atoms with van der Waals surface area (Å²) < 4.78 is 11.8. The van der Waals surface area contributed by atoms with Crippen molar-refractivity contribution in [1.82, 2.24) is 9.88 Å². The molecule has 7 nitrogen and oxygen atoms in total. The minimum absolute atomic E-state index is 0.0679. The van der Waals surface area contributed by atoms with Crippen LogP contribution in [0.3, 0.4) is 0 Å². The molecular weight excluding hydrogens is 466 g/mol. The Morgan fingerprint density at radius 2 is 1.78 bits per heavy atom. The van der Waals surface area contributed by atoms with Crippen LogP contribution in [-0.4, -0.2) is 40.5 Å². The van der Waals surface area contributed by atoms with Crippen LogP contribution in [0, 0.1) is 0 Å². The number of carbonyl (C=O) groups excluding carboxylic acids is 2. The fourth-order valence-electron chi connectivity index (χ4n) is 4.69. The summed E-state index contributed by atoms with van der Waals surface area (Å²) in [7, 11) is 0. The number of ketones is 1. The topological polar surface area (TPSA) is 94.8 Å². The normalized spacial score (nSPS) is 15.8. The van der Waals surface area contributed by atoms with Crippen molar-refractivity contribution < 1.29 is 19.1 Å². The van der Waals surface area contributed by atoms with Crippen molar-refractivity contribution in [1.29, 1.82) is 0 Å². The molecule has 0 saturated carbocycles. The van der Waals surface area contributed by atoms with Crippen molar-refractivity contribution in [3.8, 4) is 17.0 Å². The van der Waals surface area contributed by atoms with Gasteiger partial charge in [0, 0.05) is 24.6 Å². The average Bonchev–Trinajstić information content (AvgIpc) is 2.86. The summed E-state index contributed by atoms with van der Waals surface area (Å²) in [5.41, 5.74) is 9.52.